The van der Waals surface area contributed by atoms with Crippen LogP contribution in [0, 0.1) is 0 Å². The summed E-state index contributed by atoms with van der Waals surface area (Å²) >= 11 is 7.34. The Balaban J connectivity index is 1.91. The maximum Gasteiger partial charge on any atom is 0.188 e. The Bertz CT molecular complexity index is 372. The molecule has 0 radical (unpaired) electrons. The highest BCUT2D eigenvalue weighted by molar-refractivity contribution is 7.12. The molecule has 0 saturated carbocycles. The number of ketones is 1. The average Bonchev–Trinajstić information content (AvgIpc) is 2.68. The number of nitrogens with two attached hydrogens (primary N) is 1. The second-order valence-electron chi connectivity index (χ2n) is 4.13. The lowest BCUT2D eigenvalue weighted by Gasteiger charge is -2.29. The van der Waals surface area contributed by atoms with E-state index in [4.69, 9.17) is 17.3 Å². The Labute approximate surface area is 104 Å². The highest BCUT2D eigenvalue weighted by atomic mass is 35.5. The number of carbonyl (C=O) groups excluding carboxylic acids is 1. The van der Waals surface area contributed by atoms with Crippen LogP contribution in [-0.2, 0) is 0 Å². The first kappa shape index (κ1) is 12.0. The number of hydrogen-bond donors (Lipinski definition) is 1. The molecule has 2 heterocycles. The first-order valence-corrected chi connectivity index (χ1v) is 6.66. The molecule has 1 aromatic rings. The van der Waals surface area contributed by atoms with E-state index in [2.05, 4.69) is 4.90 Å². The van der Waals surface area contributed by atoms with Crippen molar-refractivity contribution in [3.05, 3.63) is 21.3 Å². The highest BCUT2D eigenvalue weighted by Gasteiger charge is 2.20. The van der Waals surface area contributed by atoms with E-state index in [9.17, 15) is 4.79 Å². The van der Waals surface area contributed by atoms with Gasteiger partial charge in [0.2, 0.25) is 0 Å². The van der Waals surface area contributed by atoms with Crippen molar-refractivity contribution in [2.24, 2.45) is 5.73 Å². The fraction of sp³-hybridized carbons (Fsp3) is 0.545. The summed E-state index contributed by atoms with van der Waals surface area (Å²) in [6, 6.07) is 2.07. The van der Waals surface area contributed by atoms with E-state index in [1.54, 1.807) is 6.07 Å². The van der Waals surface area contributed by atoms with E-state index in [0.717, 1.165) is 25.9 Å². The van der Waals surface area contributed by atoms with Crippen molar-refractivity contribution in [2.45, 2.75) is 18.9 Å². The largest absolute Gasteiger partial charge is 0.328 e. The third-order valence-electron chi connectivity index (χ3n) is 2.87. The van der Waals surface area contributed by atoms with Gasteiger partial charge < -0.3 is 5.73 Å². The van der Waals surface area contributed by atoms with Crippen LogP contribution in [0.2, 0.25) is 5.02 Å². The molecule has 3 nitrogen and oxygen atoms in total. The molecule has 0 atom stereocenters. The molecule has 16 heavy (non-hydrogen) atoms. The molecular weight excluding hydrogens is 244 g/mol. The van der Waals surface area contributed by atoms with Crippen molar-refractivity contribution in [1.29, 1.82) is 0 Å². The van der Waals surface area contributed by atoms with Crippen LogP contribution in [-0.4, -0.2) is 36.4 Å². The van der Waals surface area contributed by atoms with Crippen LogP contribution in [0.25, 0.3) is 0 Å². The maximum absolute atomic E-state index is 11.9. The van der Waals surface area contributed by atoms with E-state index in [-0.39, 0.29) is 5.78 Å². The molecular formula is C11H15ClN2OS. The molecule has 0 aliphatic carbocycles. The topological polar surface area (TPSA) is 46.3 Å². The predicted molar refractivity (Wildman–Crippen MR) is 67.3 cm³/mol. The van der Waals surface area contributed by atoms with Crippen LogP contribution >= 0.6 is 22.9 Å². The fourth-order valence-electron chi connectivity index (χ4n) is 1.88. The number of rotatable bonds is 3. The van der Waals surface area contributed by atoms with Gasteiger partial charge in [-0.1, -0.05) is 11.6 Å². The summed E-state index contributed by atoms with van der Waals surface area (Å²) in [4.78, 5) is 14.8. The first-order chi connectivity index (χ1) is 7.66. The molecule has 1 fully saturated rings. The average molecular weight is 259 g/mol. The number of piperidine rings is 1. The summed E-state index contributed by atoms with van der Waals surface area (Å²) in [5.41, 5.74) is 5.82. The number of hydrogen-bond acceptors (Lipinski definition) is 4. The van der Waals surface area contributed by atoms with Gasteiger partial charge in [-0.15, -0.1) is 11.3 Å². The molecule has 1 aliphatic rings. The van der Waals surface area contributed by atoms with E-state index in [1.807, 2.05) is 5.38 Å². The third kappa shape index (κ3) is 2.83. The minimum atomic E-state index is 0.121. The van der Waals surface area contributed by atoms with Crippen molar-refractivity contribution in [3.8, 4) is 0 Å². The van der Waals surface area contributed by atoms with Crippen LogP contribution in [0.5, 0.6) is 0 Å². The Morgan fingerprint density at radius 3 is 2.81 bits per heavy atom. The Morgan fingerprint density at radius 1 is 1.56 bits per heavy atom. The summed E-state index contributed by atoms with van der Waals surface area (Å²) in [5, 5.41) is 2.42. The normalized spacial score (nSPS) is 18.9. The van der Waals surface area contributed by atoms with E-state index in [1.165, 1.54) is 11.3 Å². The van der Waals surface area contributed by atoms with Crippen LogP contribution < -0.4 is 5.73 Å². The van der Waals surface area contributed by atoms with Gasteiger partial charge in [0, 0.05) is 19.1 Å². The Hall–Kier alpha value is -0.420. The molecule has 2 N–H and O–H groups in total. The molecule has 0 bridgehead atoms. The smallest absolute Gasteiger partial charge is 0.188 e. The zero-order valence-corrected chi connectivity index (χ0v) is 10.6. The lowest BCUT2D eigenvalue weighted by Crippen LogP contribution is -2.41. The lowest BCUT2D eigenvalue weighted by atomic mass is 10.1. The van der Waals surface area contributed by atoms with Gasteiger partial charge in [0.05, 0.1) is 16.4 Å². The predicted octanol–water partition coefficient (Wildman–Crippen LogP) is 2.01. The molecule has 1 saturated heterocycles. The second-order valence-corrected chi connectivity index (χ2v) is 5.46. The Morgan fingerprint density at radius 2 is 2.25 bits per heavy atom. The number of thiophene rings is 1. The van der Waals surface area contributed by atoms with Crippen LogP contribution in [0.1, 0.15) is 22.5 Å². The van der Waals surface area contributed by atoms with Crippen molar-refractivity contribution in [1.82, 2.24) is 4.90 Å². The van der Waals surface area contributed by atoms with Gasteiger partial charge in [0.1, 0.15) is 0 Å². The Kier molecular flexibility index (Phi) is 3.97. The van der Waals surface area contributed by atoms with Crippen LogP contribution in [0.15, 0.2) is 11.4 Å². The van der Waals surface area contributed by atoms with E-state index in [0.29, 0.717) is 22.5 Å². The van der Waals surface area contributed by atoms with Crippen molar-refractivity contribution < 1.29 is 4.79 Å². The fourth-order valence-corrected chi connectivity index (χ4v) is 2.97. The van der Waals surface area contributed by atoms with Gasteiger partial charge in [-0.05, 0) is 24.3 Å². The molecule has 0 aromatic carbocycles. The standard InChI is InChI=1S/C11H15ClN2OS/c12-9-3-6-16-11(9)10(15)7-14-4-1-8(13)2-5-14/h3,6,8H,1-2,4-5,7,13H2. The minimum Gasteiger partial charge on any atom is -0.328 e. The molecule has 0 unspecified atom stereocenters. The zero-order valence-electron chi connectivity index (χ0n) is 8.99. The summed E-state index contributed by atoms with van der Waals surface area (Å²) in [6.07, 6.45) is 1.96. The highest BCUT2D eigenvalue weighted by Crippen LogP contribution is 2.23. The lowest BCUT2D eigenvalue weighted by molar-refractivity contribution is 0.0914. The quantitative estimate of drug-likeness (QED) is 0.844. The minimum absolute atomic E-state index is 0.121. The van der Waals surface area contributed by atoms with Gasteiger partial charge in [-0.25, -0.2) is 0 Å². The van der Waals surface area contributed by atoms with Crippen molar-refractivity contribution >= 4 is 28.7 Å². The summed E-state index contributed by atoms with van der Waals surface area (Å²) < 4.78 is 0. The summed E-state index contributed by atoms with van der Waals surface area (Å²) in [6.45, 7) is 2.29. The number of nitrogens with zero attached hydrogens (tertiary/aromatic N) is 1. The van der Waals surface area contributed by atoms with Gasteiger partial charge in [0.15, 0.2) is 5.78 Å². The van der Waals surface area contributed by atoms with Crippen molar-refractivity contribution in [3.63, 3.8) is 0 Å². The molecule has 1 aromatic heterocycles. The molecule has 0 amide bonds. The summed E-state index contributed by atoms with van der Waals surface area (Å²) in [5.74, 6) is 0.121. The number of halogens is 1. The monoisotopic (exact) mass is 258 g/mol. The second kappa shape index (κ2) is 5.27. The third-order valence-corrected chi connectivity index (χ3v) is 4.25. The van der Waals surface area contributed by atoms with Gasteiger partial charge >= 0.3 is 0 Å². The van der Waals surface area contributed by atoms with E-state index < -0.39 is 0 Å². The zero-order chi connectivity index (χ0) is 11.5. The van der Waals surface area contributed by atoms with Gasteiger partial charge in [-0.2, -0.15) is 0 Å². The first-order valence-electron chi connectivity index (χ1n) is 5.41. The SMILES string of the molecule is NC1CCN(CC(=O)c2sccc2Cl)CC1. The van der Waals surface area contributed by atoms with Crippen LogP contribution in [0.4, 0.5) is 0 Å². The number of Topliss-reactive ketones (excluding diaryl/α,β-unsaturated/α-hetero) is 1. The van der Waals surface area contributed by atoms with Gasteiger partial charge in [-0.3, -0.25) is 9.69 Å². The summed E-state index contributed by atoms with van der Waals surface area (Å²) in [7, 11) is 0. The maximum atomic E-state index is 11.9. The van der Waals surface area contributed by atoms with Crippen molar-refractivity contribution in [2.75, 3.05) is 19.6 Å². The number of likely N-dealkylation sites (tertiary alicyclic amines) is 1. The number of carbonyl (C=O) groups is 1. The van der Waals surface area contributed by atoms with Gasteiger partial charge in [0.25, 0.3) is 0 Å². The molecule has 2 rings (SSSR count). The van der Waals surface area contributed by atoms with Crippen LogP contribution in [0.3, 0.4) is 0 Å². The molecule has 5 heteroatoms. The van der Waals surface area contributed by atoms with E-state index >= 15 is 0 Å². The molecule has 0 spiro atoms. The molecule has 1 aliphatic heterocycles. The molecule has 88 valence electrons.